The molecule has 1 aliphatic heterocycles. The van der Waals surface area contributed by atoms with Crippen LogP contribution in [0.4, 0.5) is 10.1 Å². The fourth-order valence-corrected chi connectivity index (χ4v) is 3.08. The molecule has 0 aliphatic carbocycles. The monoisotopic (exact) mass is 340 g/mol. The van der Waals surface area contributed by atoms with Crippen LogP contribution in [0.1, 0.15) is 34.1 Å². The molecule has 25 heavy (non-hydrogen) atoms. The minimum absolute atomic E-state index is 0.187. The fraction of sp³-hybridized carbons (Fsp3) is 0.278. The molecule has 0 bridgehead atoms. The molecule has 7 heteroatoms. The minimum atomic E-state index is -0.412. The number of carbonyl (C=O) groups excluding carboxylic acids is 1. The van der Waals surface area contributed by atoms with Crippen molar-refractivity contribution in [1.29, 1.82) is 0 Å². The number of nitrogens with one attached hydrogen (secondary N) is 2. The number of carbonyl (C=O) groups is 1. The smallest absolute Gasteiger partial charge is 0.257 e. The Hall–Kier alpha value is -2.80. The standard InChI is InChI=1S/C18H17FN4O2/c1-2-14-13-7-11(9-21-18(13)25-23-14)17(24)22-15-4-3-10-8-20-6-5-12(10)16(15)19/h3-4,7,9,20H,2,5-6,8H2,1H3,(H,22,24). The molecule has 0 atom stereocenters. The number of aromatic nitrogens is 2. The van der Waals surface area contributed by atoms with Crippen molar-refractivity contribution in [2.24, 2.45) is 0 Å². The average Bonchev–Trinajstić information content (AvgIpc) is 3.06. The summed E-state index contributed by atoms with van der Waals surface area (Å²) in [7, 11) is 0. The summed E-state index contributed by atoms with van der Waals surface area (Å²) in [5.74, 6) is -0.772. The molecule has 2 N–H and O–H groups in total. The first-order valence-electron chi connectivity index (χ1n) is 8.24. The Kier molecular flexibility index (Phi) is 3.93. The third-order valence-corrected chi connectivity index (χ3v) is 4.46. The number of aryl methyl sites for hydroxylation is 1. The summed E-state index contributed by atoms with van der Waals surface area (Å²) in [4.78, 5) is 16.6. The quantitative estimate of drug-likeness (QED) is 0.766. The minimum Gasteiger partial charge on any atom is -0.336 e. The van der Waals surface area contributed by atoms with Crippen molar-refractivity contribution in [2.75, 3.05) is 11.9 Å². The van der Waals surface area contributed by atoms with Gasteiger partial charge in [0.05, 0.1) is 22.3 Å². The lowest BCUT2D eigenvalue weighted by Gasteiger charge is -2.19. The van der Waals surface area contributed by atoms with Gasteiger partial charge in [-0.25, -0.2) is 9.37 Å². The maximum Gasteiger partial charge on any atom is 0.257 e. The average molecular weight is 340 g/mol. The highest BCUT2D eigenvalue weighted by Gasteiger charge is 2.19. The van der Waals surface area contributed by atoms with E-state index in [0.29, 0.717) is 41.6 Å². The Labute approximate surface area is 143 Å². The second-order valence-corrected chi connectivity index (χ2v) is 6.01. The lowest BCUT2D eigenvalue weighted by molar-refractivity contribution is 0.102. The second kappa shape index (κ2) is 6.25. The molecule has 0 spiro atoms. The maximum atomic E-state index is 14.7. The molecule has 0 fully saturated rings. The molecule has 2 aromatic heterocycles. The molecule has 1 aliphatic rings. The van der Waals surface area contributed by atoms with Crippen molar-refractivity contribution in [3.05, 3.63) is 52.6 Å². The number of pyridine rings is 1. The van der Waals surface area contributed by atoms with Crippen LogP contribution in [0.2, 0.25) is 0 Å². The van der Waals surface area contributed by atoms with Gasteiger partial charge in [0, 0.05) is 12.7 Å². The van der Waals surface area contributed by atoms with E-state index in [-0.39, 0.29) is 11.5 Å². The van der Waals surface area contributed by atoms with E-state index in [1.807, 2.05) is 13.0 Å². The van der Waals surface area contributed by atoms with Crippen LogP contribution >= 0.6 is 0 Å². The van der Waals surface area contributed by atoms with Crippen molar-refractivity contribution in [2.45, 2.75) is 26.3 Å². The Bertz CT molecular complexity index is 967. The van der Waals surface area contributed by atoms with Gasteiger partial charge in [-0.2, -0.15) is 0 Å². The molecular weight excluding hydrogens is 323 g/mol. The fourth-order valence-electron chi connectivity index (χ4n) is 3.08. The van der Waals surface area contributed by atoms with Crippen molar-refractivity contribution >= 4 is 22.7 Å². The third kappa shape index (κ3) is 2.76. The largest absolute Gasteiger partial charge is 0.336 e. The molecule has 128 valence electrons. The van der Waals surface area contributed by atoms with Crippen LogP contribution in [0.25, 0.3) is 11.1 Å². The van der Waals surface area contributed by atoms with Gasteiger partial charge in [0.2, 0.25) is 0 Å². The Morgan fingerprint density at radius 2 is 2.32 bits per heavy atom. The van der Waals surface area contributed by atoms with Crippen LogP contribution < -0.4 is 10.6 Å². The summed E-state index contributed by atoms with van der Waals surface area (Å²) in [5.41, 5.74) is 3.25. The molecule has 3 aromatic rings. The van der Waals surface area contributed by atoms with E-state index in [1.165, 1.54) is 6.20 Å². The van der Waals surface area contributed by atoms with Gasteiger partial charge in [0.15, 0.2) is 0 Å². The van der Waals surface area contributed by atoms with Gasteiger partial charge in [0.25, 0.3) is 11.6 Å². The Morgan fingerprint density at radius 3 is 3.16 bits per heavy atom. The molecule has 3 heterocycles. The summed E-state index contributed by atoms with van der Waals surface area (Å²) in [6.45, 7) is 3.32. The van der Waals surface area contributed by atoms with E-state index in [1.54, 1.807) is 12.1 Å². The number of hydrogen-bond donors (Lipinski definition) is 2. The molecule has 0 radical (unpaired) electrons. The van der Waals surface area contributed by atoms with Gasteiger partial charge in [-0.3, -0.25) is 4.79 Å². The molecule has 0 saturated carbocycles. The molecule has 0 unspecified atom stereocenters. The molecular formula is C18H17FN4O2. The van der Waals surface area contributed by atoms with Crippen LogP contribution in [0, 0.1) is 5.82 Å². The predicted octanol–water partition coefficient (Wildman–Crippen LogP) is 2.82. The van der Waals surface area contributed by atoms with E-state index in [9.17, 15) is 9.18 Å². The normalized spacial score (nSPS) is 13.7. The lowest BCUT2D eigenvalue weighted by Crippen LogP contribution is -2.25. The van der Waals surface area contributed by atoms with Gasteiger partial charge >= 0.3 is 0 Å². The first-order chi connectivity index (χ1) is 12.2. The summed E-state index contributed by atoms with van der Waals surface area (Å²) in [5, 5.41) is 10.5. The van der Waals surface area contributed by atoms with E-state index < -0.39 is 5.91 Å². The first kappa shape index (κ1) is 15.7. The predicted molar refractivity (Wildman–Crippen MR) is 90.9 cm³/mol. The van der Waals surface area contributed by atoms with Crippen molar-refractivity contribution in [1.82, 2.24) is 15.5 Å². The van der Waals surface area contributed by atoms with Crippen molar-refractivity contribution in [3.63, 3.8) is 0 Å². The van der Waals surface area contributed by atoms with Crippen LogP contribution in [0.15, 0.2) is 28.9 Å². The number of rotatable bonds is 3. The zero-order valence-corrected chi connectivity index (χ0v) is 13.7. The first-order valence-corrected chi connectivity index (χ1v) is 8.24. The number of anilines is 1. The molecule has 1 amide bonds. The molecule has 1 aromatic carbocycles. The topological polar surface area (TPSA) is 80.0 Å². The van der Waals surface area contributed by atoms with Crippen LogP contribution in [-0.2, 0) is 19.4 Å². The van der Waals surface area contributed by atoms with E-state index in [4.69, 9.17) is 4.52 Å². The van der Waals surface area contributed by atoms with Crippen LogP contribution in [-0.4, -0.2) is 22.6 Å². The maximum absolute atomic E-state index is 14.7. The SMILES string of the molecule is CCc1noc2ncc(C(=O)Nc3ccc4c(c3F)CCNC4)cc12. The second-order valence-electron chi connectivity index (χ2n) is 6.01. The van der Waals surface area contributed by atoms with Gasteiger partial charge in [-0.15, -0.1) is 0 Å². The Balaban J connectivity index is 1.64. The zero-order chi connectivity index (χ0) is 17.4. The summed E-state index contributed by atoms with van der Waals surface area (Å²) in [6.07, 6.45) is 2.69. The van der Waals surface area contributed by atoms with Gasteiger partial charge in [-0.1, -0.05) is 18.1 Å². The number of halogens is 1. The van der Waals surface area contributed by atoms with E-state index in [2.05, 4.69) is 20.8 Å². The van der Waals surface area contributed by atoms with Gasteiger partial charge in [0.1, 0.15) is 5.82 Å². The zero-order valence-electron chi connectivity index (χ0n) is 13.7. The Morgan fingerprint density at radius 1 is 1.44 bits per heavy atom. The van der Waals surface area contributed by atoms with Crippen molar-refractivity contribution < 1.29 is 13.7 Å². The number of fused-ring (bicyclic) bond motifs is 2. The highest BCUT2D eigenvalue weighted by Crippen LogP contribution is 2.25. The van der Waals surface area contributed by atoms with Gasteiger partial charge < -0.3 is 15.2 Å². The lowest BCUT2D eigenvalue weighted by atomic mass is 9.99. The molecule has 4 rings (SSSR count). The number of benzene rings is 1. The van der Waals surface area contributed by atoms with E-state index >= 15 is 0 Å². The summed E-state index contributed by atoms with van der Waals surface area (Å²) < 4.78 is 19.8. The molecule has 0 saturated heterocycles. The number of hydrogen-bond acceptors (Lipinski definition) is 5. The van der Waals surface area contributed by atoms with Crippen molar-refractivity contribution in [3.8, 4) is 0 Å². The highest BCUT2D eigenvalue weighted by atomic mass is 19.1. The highest BCUT2D eigenvalue weighted by molar-refractivity contribution is 6.05. The summed E-state index contributed by atoms with van der Waals surface area (Å²) in [6, 6.07) is 5.12. The number of amides is 1. The van der Waals surface area contributed by atoms with Crippen LogP contribution in [0.3, 0.4) is 0 Å². The van der Waals surface area contributed by atoms with Crippen LogP contribution in [0.5, 0.6) is 0 Å². The number of nitrogens with zero attached hydrogens (tertiary/aromatic N) is 2. The third-order valence-electron chi connectivity index (χ3n) is 4.46. The van der Waals surface area contributed by atoms with E-state index in [0.717, 1.165) is 17.8 Å². The summed E-state index contributed by atoms with van der Waals surface area (Å²) >= 11 is 0. The molecule has 6 nitrogen and oxygen atoms in total. The van der Waals surface area contributed by atoms with Gasteiger partial charge in [-0.05, 0) is 42.6 Å².